The first kappa shape index (κ1) is 32.8. The van der Waals surface area contributed by atoms with Crippen molar-refractivity contribution in [3.05, 3.63) is 144 Å². The van der Waals surface area contributed by atoms with Crippen LogP contribution in [0.1, 0.15) is 22.3 Å². The zero-order valence-electron chi connectivity index (χ0n) is 26.5. The molecule has 0 amide bonds. The van der Waals surface area contributed by atoms with E-state index in [2.05, 4.69) is 79.6 Å². The van der Waals surface area contributed by atoms with Crippen LogP contribution in [0.15, 0.2) is 121 Å². The summed E-state index contributed by atoms with van der Waals surface area (Å²) in [5, 5.41) is 0. The molecule has 5 nitrogen and oxygen atoms in total. The Balaban J connectivity index is 1.46. The molecular weight excluding hydrogens is 577 g/mol. The van der Waals surface area contributed by atoms with E-state index < -0.39 is 38.6 Å². The monoisotopic (exact) mass is 620 g/mol. The van der Waals surface area contributed by atoms with Gasteiger partial charge in [-0.05, 0) is 22.3 Å². The van der Waals surface area contributed by atoms with Gasteiger partial charge in [0.05, 0.1) is 33.0 Å². The molecule has 45 heavy (non-hydrogen) atoms. The molecule has 1 aliphatic rings. The smallest absolute Gasteiger partial charge is 0.146 e. The van der Waals surface area contributed by atoms with E-state index in [-0.39, 0.29) is 0 Å². The Labute approximate surface area is 269 Å². The highest BCUT2D eigenvalue weighted by molar-refractivity contribution is 6.83. The fraction of sp³-hybridized carbons (Fsp3) is 0.333. The highest BCUT2D eigenvalue weighted by Gasteiger charge is 2.48. The molecule has 4 aromatic rings. The fourth-order valence-corrected chi connectivity index (χ4v) is 5.77. The van der Waals surface area contributed by atoms with Gasteiger partial charge in [-0.3, -0.25) is 0 Å². The molecule has 4 aromatic carbocycles. The Bertz CT molecular complexity index is 1470. The largest absolute Gasteiger partial charge is 0.374 e. The van der Waals surface area contributed by atoms with Crippen molar-refractivity contribution in [2.75, 3.05) is 6.61 Å². The van der Waals surface area contributed by atoms with Crippen molar-refractivity contribution in [2.45, 2.75) is 76.6 Å². The lowest BCUT2D eigenvalue weighted by Crippen LogP contribution is -2.61. The van der Waals surface area contributed by atoms with Crippen LogP contribution in [0.2, 0.25) is 19.6 Å². The van der Waals surface area contributed by atoms with Crippen LogP contribution in [-0.4, -0.2) is 45.2 Å². The quantitative estimate of drug-likeness (QED) is 0.114. The summed E-state index contributed by atoms with van der Waals surface area (Å²) in [6.45, 7) is 8.73. The first-order valence-corrected chi connectivity index (χ1v) is 19.2. The predicted octanol–water partition coefficient (Wildman–Crippen LogP) is 7.61. The molecule has 0 aliphatic carbocycles. The van der Waals surface area contributed by atoms with E-state index in [1.54, 1.807) is 0 Å². The third-order valence-corrected chi connectivity index (χ3v) is 8.37. The minimum absolute atomic E-state index is 0.329. The lowest BCUT2D eigenvalue weighted by atomic mass is 9.94. The molecule has 1 saturated heterocycles. The van der Waals surface area contributed by atoms with Gasteiger partial charge in [-0.1, -0.05) is 147 Å². The molecule has 5 atom stereocenters. The Morgan fingerprint density at radius 3 is 1.38 bits per heavy atom. The standard InChI is InChI=1S/C39H44O5Si/c1-45(2,3)25-24-35-37(41-27-32-18-10-5-11-19-32)39(43-29-34-22-14-7-15-23-34)38(42-28-33-20-12-6-13-21-33)36(44-35)30-40-26-31-16-8-4-9-17-31/h4-23,35-39H,26-30H2,1-3H3/t35-,36+,37-,38+,39+/m0/s1. The SMILES string of the molecule is C[Si](C)(C)C#C[C@@H]1O[C@H](COCc2ccccc2)[C@@H](OCc2ccccc2)[C@H](OCc2ccccc2)[C@H]1OCc1ccccc1. The normalized spacial score (nSPS) is 21.5. The molecule has 0 aromatic heterocycles. The van der Waals surface area contributed by atoms with Gasteiger partial charge >= 0.3 is 0 Å². The van der Waals surface area contributed by atoms with Gasteiger partial charge in [0.25, 0.3) is 0 Å². The Morgan fingerprint density at radius 1 is 0.533 bits per heavy atom. The van der Waals surface area contributed by atoms with Crippen molar-refractivity contribution in [3.8, 4) is 11.5 Å². The second kappa shape index (κ2) is 16.7. The van der Waals surface area contributed by atoms with Gasteiger partial charge in [0, 0.05) is 0 Å². The number of benzene rings is 4. The number of hydrogen-bond acceptors (Lipinski definition) is 5. The van der Waals surface area contributed by atoms with Gasteiger partial charge in [-0.15, -0.1) is 5.54 Å². The maximum atomic E-state index is 6.80. The van der Waals surface area contributed by atoms with Crippen molar-refractivity contribution in [1.82, 2.24) is 0 Å². The van der Waals surface area contributed by atoms with Gasteiger partial charge in [0.2, 0.25) is 0 Å². The molecule has 0 unspecified atom stereocenters. The lowest BCUT2D eigenvalue weighted by Gasteiger charge is -2.45. The summed E-state index contributed by atoms with van der Waals surface area (Å²) in [4.78, 5) is 0. The van der Waals surface area contributed by atoms with Crippen molar-refractivity contribution >= 4 is 8.07 Å². The van der Waals surface area contributed by atoms with Crippen LogP contribution in [0.4, 0.5) is 0 Å². The molecular formula is C39H44O5Si. The van der Waals surface area contributed by atoms with Crippen LogP contribution in [0.3, 0.4) is 0 Å². The number of ether oxygens (including phenoxy) is 5. The molecule has 0 radical (unpaired) electrons. The fourth-order valence-electron chi connectivity index (χ4n) is 5.19. The van der Waals surface area contributed by atoms with Gasteiger partial charge in [0.15, 0.2) is 0 Å². The molecule has 0 N–H and O–H groups in total. The molecule has 1 fully saturated rings. The number of hydrogen-bond donors (Lipinski definition) is 0. The zero-order valence-corrected chi connectivity index (χ0v) is 27.5. The van der Waals surface area contributed by atoms with E-state index >= 15 is 0 Å². The van der Waals surface area contributed by atoms with Crippen LogP contribution in [-0.2, 0) is 50.1 Å². The molecule has 6 heteroatoms. The third-order valence-electron chi connectivity index (χ3n) is 7.47. The molecule has 5 rings (SSSR count). The summed E-state index contributed by atoms with van der Waals surface area (Å²) in [5.74, 6) is 3.48. The predicted molar refractivity (Wildman–Crippen MR) is 181 cm³/mol. The van der Waals surface area contributed by atoms with Crippen LogP contribution in [0.25, 0.3) is 0 Å². The van der Waals surface area contributed by atoms with Gasteiger partial charge < -0.3 is 23.7 Å². The zero-order chi connectivity index (χ0) is 31.3. The van der Waals surface area contributed by atoms with E-state index in [0.717, 1.165) is 22.3 Å². The van der Waals surface area contributed by atoms with E-state index in [9.17, 15) is 0 Å². The van der Waals surface area contributed by atoms with Gasteiger partial charge in [0.1, 0.15) is 38.6 Å². The summed E-state index contributed by atoms with van der Waals surface area (Å²) < 4.78 is 33.3. The van der Waals surface area contributed by atoms with E-state index in [4.69, 9.17) is 23.7 Å². The van der Waals surface area contributed by atoms with Crippen molar-refractivity contribution in [1.29, 1.82) is 0 Å². The maximum Gasteiger partial charge on any atom is 0.146 e. The van der Waals surface area contributed by atoms with Crippen LogP contribution < -0.4 is 0 Å². The van der Waals surface area contributed by atoms with Crippen LogP contribution in [0, 0.1) is 11.5 Å². The molecule has 234 valence electrons. The summed E-state index contributed by atoms with van der Waals surface area (Å²) >= 11 is 0. The first-order chi connectivity index (χ1) is 21.9. The summed E-state index contributed by atoms with van der Waals surface area (Å²) in [6.07, 6.45) is -2.34. The number of rotatable bonds is 13. The van der Waals surface area contributed by atoms with Gasteiger partial charge in [-0.2, -0.15) is 0 Å². The summed E-state index contributed by atoms with van der Waals surface area (Å²) in [7, 11) is -1.72. The Morgan fingerprint density at radius 2 is 0.933 bits per heavy atom. The second-order valence-electron chi connectivity index (χ2n) is 12.4. The minimum atomic E-state index is -1.72. The van der Waals surface area contributed by atoms with Crippen LogP contribution in [0.5, 0.6) is 0 Å². The molecule has 0 spiro atoms. The molecule has 1 aliphatic heterocycles. The summed E-state index contributed by atoms with van der Waals surface area (Å²) in [5.41, 5.74) is 7.87. The first-order valence-electron chi connectivity index (χ1n) is 15.7. The Kier molecular flexibility index (Phi) is 12.2. The van der Waals surface area contributed by atoms with Crippen molar-refractivity contribution < 1.29 is 23.7 Å². The molecule has 0 saturated carbocycles. The third kappa shape index (κ3) is 10.5. The molecule has 1 heterocycles. The average molecular weight is 621 g/mol. The van der Waals surface area contributed by atoms with E-state index in [0.29, 0.717) is 33.0 Å². The van der Waals surface area contributed by atoms with E-state index in [1.807, 2.05) is 72.8 Å². The Hall–Kier alpha value is -3.54. The van der Waals surface area contributed by atoms with E-state index in [1.165, 1.54) is 0 Å². The van der Waals surface area contributed by atoms with Gasteiger partial charge in [-0.25, -0.2) is 0 Å². The minimum Gasteiger partial charge on any atom is -0.374 e. The topological polar surface area (TPSA) is 46.2 Å². The molecule has 0 bridgehead atoms. The highest BCUT2D eigenvalue weighted by Crippen LogP contribution is 2.31. The highest BCUT2D eigenvalue weighted by atomic mass is 28.3. The summed E-state index contributed by atoms with van der Waals surface area (Å²) in [6, 6.07) is 40.7. The second-order valence-corrected chi connectivity index (χ2v) is 17.1. The van der Waals surface area contributed by atoms with Crippen LogP contribution >= 0.6 is 0 Å². The maximum absolute atomic E-state index is 6.80. The van der Waals surface area contributed by atoms with Crippen molar-refractivity contribution in [3.63, 3.8) is 0 Å². The lowest BCUT2D eigenvalue weighted by molar-refractivity contribution is -0.261. The van der Waals surface area contributed by atoms with Crippen molar-refractivity contribution in [2.24, 2.45) is 0 Å². The average Bonchev–Trinajstić information content (AvgIpc) is 3.06.